The van der Waals surface area contributed by atoms with Crippen LogP contribution in [-0.2, 0) is 11.3 Å². The standard InChI is InChI=1S/C13H19NO2/c1-3-4-9-16-13-7-5-12(6-8-13)10-14-11(2)15/h5-8H,3-4,9-10H2,1-2H3,(H,14,15). The van der Waals surface area contributed by atoms with Crippen LogP contribution in [0.1, 0.15) is 32.3 Å². The monoisotopic (exact) mass is 221 g/mol. The number of nitrogens with one attached hydrogen (secondary N) is 1. The lowest BCUT2D eigenvalue weighted by molar-refractivity contribution is -0.119. The molecule has 1 amide bonds. The molecule has 0 saturated heterocycles. The molecule has 0 fully saturated rings. The summed E-state index contributed by atoms with van der Waals surface area (Å²) in [6.45, 7) is 4.99. The molecule has 1 rings (SSSR count). The van der Waals surface area contributed by atoms with Crippen molar-refractivity contribution in [1.29, 1.82) is 0 Å². The van der Waals surface area contributed by atoms with Crippen LogP contribution >= 0.6 is 0 Å². The van der Waals surface area contributed by atoms with E-state index >= 15 is 0 Å². The van der Waals surface area contributed by atoms with Gasteiger partial charge in [0.1, 0.15) is 5.75 Å². The molecule has 0 unspecified atom stereocenters. The van der Waals surface area contributed by atoms with Crippen molar-refractivity contribution < 1.29 is 9.53 Å². The summed E-state index contributed by atoms with van der Waals surface area (Å²) < 4.78 is 5.54. The molecule has 1 aromatic rings. The van der Waals surface area contributed by atoms with Crippen LogP contribution in [0.5, 0.6) is 5.75 Å². The van der Waals surface area contributed by atoms with Crippen LogP contribution < -0.4 is 10.1 Å². The van der Waals surface area contributed by atoms with Crippen molar-refractivity contribution in [2.45, 2.75) is 33.2 Å². The number of hydrogen-bond donors (Lipinski definition) is 1. The molecule has 88 valence electrons. The molecule has 0 radical (unpaired) electrons. The Morgan fingerprint density at radius 1 is 1.31 bits per heavy atom. The van der Waals surface area contributed by atoms with Crippen molar-refractivity contribution in [2.24, 2.45) is 0 Å². The second-order valence-electron chi connectivity index (χ2n) is 3.76. The van der Waals surface area contributed by atoms with E-state index in [-0.39, 0.29) is 5.91 Å². The van der Waals surface area contributed by atoms with Crippen LogP contribution in [0.2, 0.25) is 0 Å². The van der Waals surface area contributed by atoms with Gasteiger partial charge in [0.15, 0.2) is 0 Å². The van der Waals surface area contributed by atoms with Crippen molar-refractivity contribution in [3.8, 4) is 5.75 Å². The van der Waals surface area contributed by atoms with Gasteiger partial charge in [-0.3, -0.25) is 4.79 Å². The largest absolute Gasteiger partial charge is 0.494 e. The van der Waals surface area contributed by atoms with Gasteiger partial charge in [0.05, 0.1) is 6.61 Å². The minimum atomic E-state index is -0.0109. The van der Waals surface area contributed by atoms with Crippen LogP contribution in [0.4, 0.5) is 0 Å². The number of ether oxygens (including phenoxy) is 1. The summed E-state index contributed by atoms with van der Waals surface area (Å²) in [6, 6.07) is 7.81. The fourth-order valence-corrected chi connectivity index (χ4v) is 1.26. The van der Waals surface area contributed by atoms with Crippen molar-refractivity contribution in [3.05, 3.63) is 29.8 Å². The Morgan fingerprint density at radius 3 is 2.56 bits per heavy atom. The van der Waals surface area contributed by atoms with E-state index in [1.54, 1.807) is 0 Å². The third-order valence-corrected chi connectivity index (χ3v) is 2.23. The first-order valence-electron chi connectivity index (χ1n) is 5.68. The fourth-order valence-electron chi connectivity index (χ4n) is 1.26. The molecule has 0 atom stereocenters. The minimum Gasteiger partial charge on any atom is -0.494 e. The Kier molecular flexibility index (Phi) is 5.40. The smallest absolute Gasteiger partial charge is 0.217 e. The predicted octanol–water partition coefficient (Wildman–Crippen LogP) is 2.50. The van der Waals surface area contributed by atoms with E-state index in [4.69, 9.17) is 4.74 Å². The van der Waals surface area contributed by atoms with E-state index < -0.39 is 0 Å². The van der Waals surface area contributed by atoms with Gasteiger partial charge in [0, 0.05) is 13.5 Å². The van der Waals surface area contributed by atoms with Crippen molar-refractivity contribution in [2.75, 3.05) is 6.61 Å². The molecule has 1 aromatic carbocycles. The van der Waals surface area contributed by atoms with Gasteiger partial charge in [0.2, 0.25) is 5.91 Å². The van der Waals surface area contributed by atoms with Gasteiger partial charge in [-0.2, -0.15) is 0 Å². The fraction of sp³-hybridized carbons (Fsp3) is 0.462. The highest BCUT2D eigenvalue weighted by molar-refractivity contribution is 5.72. The van der Waals surface area contributed by atoms with Gasteiger partial charge >= 0.3 is 0 Å². The topological polar surface area (TPSA) is 38.3 Å². The molecule has 1 N–H and O–H groups in total. The van der Waals surface area contributed by atoms with Crippen molar-refractivity contribution >= 4 is 5.91 Å². The first-order chi connectivity index (χ1) is 7.72. The van der Waals surface area contributed by atoms with E-state index in [0.29, 0.717) is 6.54 Å². The summed E-state index contributed by atoms with van der Waals surface area (Å²) in [5.74, 6) is 0.878. The van der Waals surface area contributed by atoms with E-state index in [9.17, 15) is 4.79 Å². The average Bonchev–Trinajstić information content (AvgIpc) is 2.28. The zero-order chi connectivity index (χ0) is 11.8. The molecule has 0 heterocycles. The van der Waals surface area contributed by atoms with E-state index in [0.717, 1.165) is 30.8 Å². The summed E-state index contributed by atoms with van der Waals surface area (Å²) in [5.41, 5.74) is 1.08. The van der Waals surface area contributed by atoms with Crippen LogP contribution in [0.3, 0.4) is 0 Å². The van der Waals surface area contributed by atoms with Crippen LogP contribution in [-0.4, -0.2) is 12.5 Å². The summed E-state index contributed by atoms with van der Waals surface area (Å²) in [6.07, 6.45) is 2.22. The maximum atomic E-state index is 10.7. The molecule has 0 aliphatic heterocycles. The number of carbonyl (C=O) groups is 1. The molecule has 0 spiro atoms. The Labute approximate surface area is 96.8 Å². The van der Waals surface area contributed by atoms with Crippen LogP contribution in [0, 0.1) is 0 Å². The molecule has 0 bridgehead atoms. The third-order valence-electron chi connectivity index (χ3n) is 2.23. The first-order valence-corrected chi connectivity index (χ1v) is 5.68. The SMILES string of the molecule is CCCCOc1ccc(CNC(C)=O)cc1. The maximum Gasteiger partial charge on any atom is 0.217 e. The molecule has 0 aromatic heterocycles. The predicted molar refractivity (Wildman–Crippen MR) is 64.4 cm³/mol. The molecule has 0 aliphatic carbocycles. The Morgan fingerprint density at radius 2 is 2.00 bits per heavy atom. The highest BCUT2D eigenvalue weighted by Gasteiger charge is 1.96. The van der Waals surface area contributed by atoms with Gasteiger partial charge in [-0.1, -0.05) is 25.5 Å². The summed E-state index contributed by atoms with van der Waals surface area (Å²) in [7, 11) is 0. The maximum absolute atomic E-state index is 10.7. The normalized spacial score (nSPS) is 9.88. The average molecular weight is 221 g/mol. The second kappa shape index (κ2) is 6.88. The van der Waals surface area contributed by atoms with Gasteiger partial charge < -0.3 is 10.1 Å². The molecular formula is C13H19NO2. The van der Waals surface area contributed by atoms with Gasteiger partial charge in [0.25, 0.3) is 0 Å². The zero-order valence-corrected chi connectivity index (χ0v) is 9.95. The lowest BCUT2D eigenvalue weighted by Gasteiger charge is -2.06. The first kappa shape index (κ1) is 12.6. The van der Waals surface area contributed by atoms with Gasteiger partial charge in [-0.15, -0.1) is 0 Å². The van der Waals surface area contributed by atoms with Crippen molar-refractivity contribution in [1.82, 2.24) is 5.32 Å². The molecular weight excluding hydrogens is 202 g/mol. The second-order valence-corrected chi connectivity index (χ2v) is 3.76. The summed E-state index contributed by atoms with van der Waals surface area (Å²) in [4.78, 5) is 10.7. The number of amides is 1. The number of benzene rings is 1. The lowest BCUT2D eigenvalue weighted by atomic mass is 10.2. The van der Waals surface area contributed by atoms with Crippen LogP contribution in [0.25, 0.3) is 0 Å². The number of hydrogen-bond acceptors (Lipinski definition) is 2. The quantitative estimate of drug-likeness (QED) is 0.749. The van der Waals surface area contributed by atoms with E-state index in [1.165, 1.54) is 6.92 Å². The summed E-state index contributed by atoms with van der Waals surface area (Å²) in [5, 5.41) is 2.75. The summed E-state index contributed by atoms with van der Waals surface area (Å²) >= 11 is 0. The van der Waals surface area contributed by atoms with Gasteiger partial charge in [-0.05, 0) is 24.1 Å². The molecule has 0 saturated carbocycles. The third kappa shape index (κ3) is 4.82. The van der Waals surface area contributed by atoms with Gasteiger partial charge in [-0.25, -0.2) is 0 Å². The van der Waals surface area contributed by atoms with E-state index in [1.807, 2.05) is 24.3 Å². The molecule has 3 nitrogen and oxygen atoms in total. The molecule has 16 heavy (non-hydrogen) atoms. The zero-order valence-electron chi connectivity index (χ0n) is 9.95. The van der Waals surface area contributed by atoms with Crippen LogP contribution in [0.15, 0.2) is 24.3 Å². The van der Waals surface area contributed by atoms with Crippen molar-refractivity contribution in [3.63, 3.8) is 0 Å². The Hall–Kier alpha value is -1.51. The minimum absolute atomic E-state index is 0.0109. The number of unbranched alkanes of at least 4 members (excludes halogenated alkanes) is 1. The Bertz CT molecular complexity index is 319. The molecule has 0 aliphatic rings. The molecule has 3 heteroatoms. The number of rotatable bonds is 6. The highest BCUT2D eigenvalue weighted by atomic mass is 16.5. The lowest BCUT2D eigenvalue weighted by Crippen LogP contribution is -2.18. The highest BCUT2D eigenvalue weighted by Crippen LogP contribution is 2.12. The number of carbonyl (C=O) groups excluding carboxylic acids is 1. The van der Waals surface area contributed by atoms with E-state index in [2.05, 4.69) is 12.2 Å². The Balaban J connectivity index is 2.38.